The van der Waals surface area contributed by atoms with Gasteiger partial charge in [0.15, 0.2) is 0 Å². The van der Waals surface area contributed by atoms with Crippen LogP contribution in [0.25, 0.3) is 0 Å². The Kier molecular flexibility index (Phi) is 5.76. The molecule has 0 saturated heterocycles. The maximum Gasteiger partial charge on any atom is 0.321 e. The lowest BCUT2D eigenvalue weighted by Crippen LogP contribution is -2.41. The number of carboxylic acid groups (broad SMARTS) is 1. The van der Waals surface area contributed by atoms with Crippen LogP contribution in [-0.4, -0.2) is 42.2 Å². The van der Waals surface area contributed by atoms with Crippen molar-refractivity contribution in [3.05, 3.63) is 39.9 Å². The molecule has 1 aromatic carbocycles. The van der Waals surface area contributed by atoms with E-state index in [2.05, 4.69) is 0 Å². The van der Waals surface area contributed by atoms with Gasteiger partial charge in [-0.1, -0.05) is 12.1 Å². The van der Waals surface area contributed by atoms with Crippen LogP contribution in [0.5, 0.6) is 0 Å². The Balaban J connectivity index is 2.79. The SMILES string of the molecule is O=C(O)[C@H](CCO)NS(=O)(=O)Cc1ccc([N+](=O)[O-])cc1. The molecular formula is C11H14N2O7S. The van der Waals surface area contributed by atoms with Crippen molar-refractivity contribution in [3.8, 4) is 0 Å². The number of sulfonamides is 1. The molecule has 0 aliphatic heterocycles. The van der Waals surface area contributed by atoms with Gasteiger partial charge >= 0.3 is 5.97 Å². The van der Waals surface area contributed by atoms with Gasteiger partial charge in [-0.05, 0) is 12.0 Å². The van der Waals surface area contributed by atoms with E-state index in [1.54, 1.807) is 0 Å². The molecule has 0 aromatic heterocycles. The quantitative estimate of drug-likeness (QED) is 0.446. The third-order valence-electron chi connectivity index (χ3n) is 2.54. The zero-order valence-electron chi connectivity index (χ0n) is 10.8. The van der Waals surface area contributed by atoms with Gasteiger partial charge in [0, 0.05) is 18.7 Å². The largest absolute Gasteiger partial charge is 0.480 e. The summed E-state index contributed by atoms with van der Waals surface area (Å²) in [6.07, 6.45) is -0.255. The van der Waals surface area contributed by atoms with Crippen LogP contribution in [0.3, 0.4) is 0 Å². The highest BCUT2D eigenvalue weighted by atomic mass is 32.2. The van der Waals surface area contributed by atoms with E-state index in [1.165, 1.54) is 12.1 Å². The average molecular weight is 318 g/mol. The second-order valence-corrected chi connectivity index (χ2v) is 5.96. The minimum absolute atomic E-state index is 0.173. The number of nitrogens with one attached hydrogen (secondary N) is 1. The molecule has 21 heavy (non-hydrogen) atoms. The topological polar surface area (TPSA) is 147 Å². The summed E-state index contributed by atoms with van der Waals surface area (Å²) in [5, 5.41) is 28.0. The maximum atomic E-state index is 11.8. The van der Waals surface area contributed by atoms with E-state index in [0.29, 0.717) is 0 Å². The number of non-ortho nitro benzene ring substituents is 1. The van der Waals surface area contributed by atoms with Crippen molar-refractivity contribution in [2.45, 2.75) is 18.2 Å². The summed E-state index contributed by atoms with van der Waals surface area (Å²) in [5.74, 6) is -1.91. The summed E-state index contributed by atoms with van der Waals surface area (Å²) in [7, 11) is -3.95. The zero-order valence-corrected chi connectivity index (χ0v) is 11.6. The molecule has 0 fully saturated rings. The van der Waals surface area contributed by atoms with Crippen molar-refractivity contribution in [2.75, 3.05) is 6.61 Å². The summed E-state index contributed by atoms with van der Waals surface area (Å²) in [4.78, 5) is 20.7. The van der Waals surface area contributed by atoms with Crippen molar-refractivity contribution in [1.82, 2.24) is 4.72 Å². The number of aliphatic hydroxyl groups excluding tert-OH is 1. The molecule has 1 rings (SSSR count). The predicted octanol–water partition coefficient (Wildman–Crippen LogP) is -0.150. The van der Waals surface area contributed by atoms with Gasteiger partial charge in [0.25, 0.3) is 5.69 Å². The van der Waals surface area contributed by atoms with E-state index in [9.17, 15) is 23.3 Å². The second-order valence-electron chi connectivity index (χ2n) is 4.20. The summed E-state index contributed by atoms with van der Waals surface area (Å²) in [5.41, 5.74) is 0.106. The number of aliphatic hydroxyl groups is 1. The fraction of sp³-hybridized carbons (Fsp3) is 0.364. The van der Waals surface area contributed by atoms with Crippen LogP contribution in [-0.2, 0) is 20.6 Å². The van der Waals surface area contributed by atoms with Gasteiger partial charge in [-0.25, -0.2) is 13.1 Å². The lowest BCUT2D eigenvalue weighted by molar-refractivity contribution is -0.384. The fourth-order valence-electron chi connectivity index (χ4n) is 1.55. The third-order valence-corrected chi connectivity index (χ3v) is 3.90. The van der Waals surface area contributed by atoms with Crippen LogP contribution < -0.4 is 4.72 Å². The average Bonchev–Trinajstić information content (AvgIpc) is 2.38. The van der Waals surface area contributed by atoms with Crippen LogP contribution in [0.4, 0.5) is 5.69 Å². The van der Waals surface area contributed by atoms with Crippen LogP contribution in [0.2, 0.25) is 0 Å². The molecule has 0 radical (unpaired) electrons. The predicted molar refractivity (Wildman–Crippen MR) is 72.0 cm³/mol. The van der Waals surface area contributed by atoms with Crippen LogP contribution >= 0.6 is 0 Å². The van der Waals surface area contributed by atoms with Crippen molar-refractivity contribution in [3.63, 3.8) is 0 Å². The highest BCUT2D eigenvalue weighted by molar-refractivity contribution is 7.88. The molecule has 10 heteroatoms. The Morgan fingerprint density at radius 1 is 1.33 bits per heavy atom. The molecule has 9 nitrogen and oxygen atoms in total. The van der Waals surface area contributed by atoms with E-state index in [-0.39, 0.29) is 17.7 Å². The molecule has 0 unspecified atom stereocenters. The Hall–Kier alpha value is -2.04. The monoisotopic (exact) mass is 318 g/mol. The van der Waals surface area contributed by atoms with E-state index in [4.69, 9.17) is 10.2 Å². The summed E-state index contributed by atoms with van der Waals surface area (Å²) >= 11 is 0. The van der Waals surface area contributed by atoms with Gasteiger partial charge in [-0.3, -0.25) is 14.9 Å². The van der Waals surface area contributed by atoms with Crippen molar-refractivity contribution >= 4 is 21.7 Å². The van der Waals surface area contributed by atoms with Gasteiger partial charge in [0.05, 0.1) is 10.7 Å². The first-order valence-electron chi connectivity index (χ1n) is 5.82. The van der Waals surface area contributed by atoms with Gasteiger partial charge < -0.3 is 10.2 Å². The van der Waals surface area contributed by atoms with Crippen LogP contribution in [0.15, 0.2) is 24.3 Å². The Morgan fingerprint density at radius 2 is 1.90 bits per heavy atom. The van der Waals surface area contributed by atoms with Gasteiger partial charge in [0.1, 0.15) is 6.04 Å². The molecular weight excluding hydrogens is 304 g/mol. The van der Waals surface area contributed by atoms with E-state index in [0.717, 1.165) is 12.1 Å². The molecule has 0 amide bonds. The van der Waals surface area contributed by atoms with Gasteiger partial charge in [-0.15, -0.1) is 0 Å². The second kappa shape index (κ2) is 7.11. The number of carbonyl (C=O) groups is 1. The zero-order chi connectivity index (χ0) is 16.0. The first kappa shape index (κ1) is 17.0. The van der Waals surface area contributed by atoms with Crippen molar-refractivity contribution in [1.29, 1.82) is 0 Å². The van der Waals surface area contributed by atoms with Gasteiger partial charge in [0.2, 0.25) is 10.0 Å². The number of hydrogen-bond donors (Lipinski definition) is 3. The number of carboxylic acids is 1. The number of benzene rings is 1. The molecule has 3 N–H and O–H groups in total. The normalized spacial score (nSPS) is 12.8. The van der Waals surface area contributed by atoms with Crippen LogP contribution in [0.1, 0.15) is 12.0 Å². The summed E-state index contributed by atoms with van der Waals surface area (Å²) < 4.78 is 25.6. The first-order valence-corrected chi connectivity index (χ1v) is 7.47. The van der Waals surface area contributed by atoms with Crippen molar-refractivity contribution in [2.24, 2.45) is 0 Å². The lowest BCUT2D eigenvalue weighted by atomic mass is 10.2. The summed E-state index contributed by atoms with van der Waals surface area (Å²) in [6, 6.07) is 3.46. The highest BCUT2D eigenvalue weighted by Gasteiger charge is 2.23. The molecule has 0 spiro atoms. The number of nitrogens with zero attached hydrogens (tertiary/aromatic N) is 1. The fourth-order valence-corrected chi connectivity index (χ4v) is 2.92. The number of hydrogen-bond acceptors (Lipinski definition) is 6. The first-order chi connectivity index (χ1) is 9.75. The van der Waals surface area contributed by atoms with Crippen LogP contribution in [0, 0.1) is 10.1 Å². The molecule has 0 bridgehead atoms. The van der Waals surface area contributed by atoms with E-state index in [1.807, 2.05) is 4.72 Å². The number of aliphatic carboxylic acids is 1. The minimum atomic E-state index is -3.95. The molecule has 0 aliphatic rings. The number of rotatable bonds is 8. The smallest absolute Gasteiger partial charge is 0.321 e. The summed E-state index contributed by atoms with van der Waals surface area (Å²) in [6.45, 7) is -0.475. The van der Waals surface area contributed by atoms with E-state index >= 15 is 0 Å². The Morgan fingerprint density at radius 3 is 2.33 bits per heavy atom. The molecule has 0 saturated carbocycles. The standard InChI is InChI=1S/C11H14N2O7S/c14-6-5-10(11(15)16)12-21(19,20)7-8-1-3-9(4-2-8)13(17)18/h1-4,10,12,14H,5-7H2,(H,15,16)/t10-/m0/s1. The van der Waals surface area contributed by atoms with Crippen molar-refractivity contribution < 1.29 is 28.3 Å². The maximum absolute atomic E-state index is 11.8. The minimum Gasteiger partial charge on any atom is -0.480 e. The highest BCUT2D eigenvalue weighted by Crippen LogP contribution is 2.14. The molecule has 1 atom stereocenters. The van der Waals surface area contributed by atoms with Gasteiger partial charge in [-0.2, -0.15) is 0 Å². The molecule has 0 heterocycles. The Bertz CT molecular complexity index is 612. The molecule has 0 aliphatic carbocycles. The lowest BCUT2D eigenvalue weighted by Gasteiger charge is -2.13. The Labute approximate surface area is 120 Å². The molecule has 116 valence electrons. The number of nitro groups is 1. The molecule has 1 aromatic rings. The third kappa shape index (κ3) is 5.45. The number of nitro benzene ring substituents is 1. The van der Waals surface area contributed by atoms with E-state index < -0.39 is 39.3 Å².